The molecular formula is C10H13N3O4S. The van der Waals surface area contributed by atoms with Crippen LogP contribution in [0, 0.1) is 0 Å². The fraction of sp³-hybridized carbons (Fsp3) is 0.400. The number of hydrogen-bond donors (Lipinski definition) is 0. The molecule has 0 aliphatic carbocycles. The number of rotatable bonds is 7. The van der Waals surface area contributed by atoms with Crippen molar-refractivity contribution in [3.05, 3.63) is 34.7 Å². The maximum Gasteiger partial charge on any atom is 0.264 e. The van der Waals surface area contributed by atoms with E-state index in [1.165, 1.54) is 0 Å². The van der Waals surface area contributed by atoms with Crippen molar-refractivity contribution < 1.29 is 17.3 Å². The second-order valence-electron chi connectivity index (χ2n) is 3.41. The summed E-state index contributed by atoms with van der Waals surface area (Å²) in [6.45, 7) is 0.437. The minimum atomic E-state index is -3.38. The second-order valence-corrected chi connectivity index (χ2v) is 5.06. The van der Waals surface area contributed by atoms with Gasteiger partial charge in [-0.05, 0) is 29.8 Å². The minimum Gasteiger partial charge on any atom is -0.494 e. The molecule has 0 amide bonds. The van der Waals surface area contributed by atoms with Crippen LogP contribution in [-0.4, -0.2) is 27.9 Å². The first-order chi connectivity index (χ1) is 8.51. The SMILES string of the molecule is CS(=O)(=O)OCCCOc1ccc(N=[N+]=[N-])cc1. The zero-order valence-electron chi connectivity index (χ0n) is 9.81. The lowest BCUT2D eigenvalue weighted by Crippen LogP contribution is -2.07. The number of benzene rings is 1. The number of azide groups is 1. The molecule has 1 aromatic carbocycles. The summed E-state index contributed by atoms with van der Waals surface area (Å²) in [6.07, 6.45) is 1.47. The first kappa shape index (κ1) is 14.3. The zero-order valence-corrected chi connectivity index (χ0v) is 10.6. The van der Waals surface area contributed by atoms with Crippen molar-refractivity contribution in [3.63, 3.8) is 0 Å². The predicted octanol–water partition coefficient (Wildman–Crippen LogP) is 2.37. The van der Waals surface area contributed by atoms with Crippen molar-refractivity contribution in [2.24, 2.45) is 5.11 Å². The van der Waals surface area contributed by atoms with Gasteiger partial charge >= 0.3 is 0 Å². The van der Waals surface area contributed by atoms with Crippen LogP contribution in [0.2, 0.25) is 0 Å². The Labute approximate surface area is 105 Å². The van der Waals surface area contributed by atoms with E-state index in [2.05, 4.69) is 14.2 Å². The van der Waals surface area contributed by atoms with Crippen molar-refractivity contribution in [1.82, 2.24) is 0 Å². The highest BCUT2D eigenvalue weighted by molar-refractivity contribution is 7.85. The van der Waals surface area contributed by atoms with Gasteiger partial charge in [-0.3, -0.25) is 4.18 Å². The summed E-state index contributed by atoms with van der Waals surface area (Å²) in [4.78, 5) is 2.66. The normalized spacial score (nSPS) is 10.7. The van der Waals surface area contributed by atoms with Gasteiger partial charge in [0.2, 0.25) is 0 Å². The third-order valence-corrected chi connectivity index (χ3v) is 2.45. The van der Waals surface area contributed by atoms with Crippen LogP contribution < -0.4 is 4.74 Å². The maximum atomic E-state index is 10.7. The maximum absolute atomic E-state index is 10.7. The molecule has 7 nitrogen and oxygen atoms in total. The number of ether oxygens (including phenoxy) is 1. The molecule has 0 bridgehead atoms. The Bertz CT molecular complexity index is 521. The molecule has 0 radical (unpaired) electrons. The van der Waals surface area contributed by atoms with E-state index in [9.17, 15) is 8.42 Å². The molecule has 0 aliphatic heterocycles. The summed E-state index contributed by atoms with van der Waals surface area (Å²) in [5.41, 5.74) is 8.72. The summed E-state index contributed by atoms with van der Waals surface area (Å²) < 4.78 is 31.2. The monoisotopic (exact) mass is 271 g/mol. The molecule has 0 aliphatic rings. The first-order valence-corrected chi connectivity index (χ1v) is 6.95. The van der Waals surface area contributed by atoms with E-state index < -0.39 is 10.1 Å². The van der Waals surface area contributed by atoms with Gasteiger partial charge in [0.15, 0.2) is 0 Å². The molecule has 0 aromatic heterocycles. The van der Waals surface area contributed by atoms with E-state index >= 15 is 0 Å². The molecule has 98 valence electrons. The molecule has 0 unspecified atom stereocenters. The van der Waals surface area contributed by atoms with Gasteiger partial charge in [-0.15, -0.1) is 0 Å². The number of nitrogens with zero attached hydrogens (tertiary/aromatic N) is 3. The zero-order chi connectivity index (χ0) is 13.4. The quantitative estimate of drug-likeness (QED) is 0.250. The van der Waals surface area contributed by atoms with E-state index in [0.717, 1.165) is 6.26 Å². The second kappa shape index (κ2) is 6.85. The summed E-state index contributed by atoms with van der Waals surface area (Å²) >= 11 is 0. The lowest BCUT2D eigenvalue weighted by atomic mass is 10.3. The average Bonchev–Trinajstić information content (AvgIpc) is 2.30. The van der Waals surface area contributed by atoms with Crippen molar-refractivity contribution in [2.75, 3.05) is 19.5 Å². The van der Waals surface area contributed by atoms with Crippen molar-refractivity contribution >= 4 is 15.8 Å². The standard InChI is InChI=1S/C10H13N3O4S/c1-18(14,15)17-8-2-7-16-10-5-3-9(4-6-10)12-13-11/h3-6H,2,7-8H2,1H3. The van der Waals surface area contributed by atoms with Crippen LogP contribution >= 0.6 is 0 Å². The van der Waals surface area contributed by atoms with Gasteiger partial charge in [-0.2, -0.15) is 8.42 Å². The van der Waals surface area contributed by atoms with Crippen LogP contribution in [0.4, 0.5) is 5.69 Å². The molecular weight excluding hydrogens is 258 g/mol. The van der Waals surface area contributed by atoms with Gasteiger partial charge in [0.25, 0.3) is 10.1 Å². The molecule has 0 heterocycles. The lowest BCUT2D eigenvalue weighted by Gasteiger charge is -2.06. The van der Waals surface area contributed by atoms with E-state index in [-0.39, 0.29) is 6.61 Å². The van der Waals surface area contributed by atoms with Crippen LogP contribution in [0.25, 0.3) is 10.4 Å². The molecule has 1 rings (SSSR count). The number of hydrogen-bond acceptors (Lipinski definition) is 5. The van der Waals surface area contributed by atoms with Crippen molar-refractivity contribution in [3.8, 4) is 5.75 Å². The van der Waals surface area contributed by atoms with Crippen LogP contribution in [0.1, 0.15) is 6.42 Å². The fourth-order valence-electron chi connectivity index (χ4n) is 1.12. The van der Waals surface area contributed by atoms with Crippen molar-refractivity contribution in [2.45, 2.75) is 6.42 Å². The van der Waals surface area contributed by atoms with Crippen LogP contribution in [-0.2, 0) is 14.3 Å². The Balaban J connectivity index is 2.29. The third kappa shape index (κ3) is 6.09. The van der Waals surface area contributed by atoms with E-state index in [1.807, 2.05) is 0 Å². The van der Waals surface area contributed by atoms with Crippen LogP contribution in [0.15, 0.2) is 29.4 Å². The summed E-state index contributed by atoms with van der Waals surface area (Å²) in [5.74, 6) is 0.617. The molecule has 8 heteroatoms. The minimum absolute atomic E-state index is 0.0929. The highest BCUT2D eigenvalue weighted by Gasteiger charge is 2.00. The van der Waals surface area contributed by atoms with Gasteiger partial charge in [0, 0.05) is 17.0 Å². The van der Waals surface area contributed by atoms with Crippen LogP contribution in [0.5, 0.6) is 5.75 Å². The molecule has 1 aromatic rings. The Morgan fingerprint density at radius 1 is 1.28 bits per heavy atom. The summed E-state index contributed by atoms with van der Waals surface area (Å²) in [5, 5.41) is 3.42. The largest absolute Gasteiger partial charge is 0.494 e. The van der Waals surface area contributed by atoms with Gasteiger partial charge in [0.1, 0.15) is 5.75 Å². The van der Waals surface area contributed by atoms with Gasteiger partial charge in [0.05, 0.1) is 19.5 Å². The molecule has 0 saturated heterocycles. The summed E-state index contributed by atoms with van der Waals surface area (Å²) in [7, 11) is -3.38. The molecule has 18 heavy (non-hydrogen) atoms. The Morgan fingerprint density at radius 3 is 2.50 bits per heavy atom. The molecule has 0 atom stereocenters. The molecule has 0 N–H and O–H groups in total. The van der Waals surface area contributed by atoms with Gasteiger partial charge in [-0.1, -0.05) is 5.11 Å². The van der Waals surface area contributed by atoms with Crippen LogP contribution in [0.3, 0.4) is 0 Å². The first-order valence-electron chi connectivity index (χ1n) is 5.13. The molecule has 0 fully saturated rings. The lowest BCUT2D eigenvalue weighted by molar-refractivity contribution is 0.252. The van der Waals surface area contributed by atoms with Gasteiger partial charge < -0.3 is 4.74 Å². The van der Waals surface area contributed by atoms with E-state index in [0.29, 0.717) is 24.5 Å². The smallest absolute Gasteiger partial charge is 0.264 e. The highest BCUT2D eigenvalue weighted by Crippen LogP contribution is 2.18. The van der Waals surface area contributed by atoms with Crippen molar-refractivity contribution in [1.29, 1.82) is 0 Å². The highest BCUT2D eigenvalue weighted by atomic mass is 32.2. The molecule has 0 spiro atoms. The van der Waals surface area contributed by atoms with E-state index in [4.69, 9.17) is 10.3 Å². The Hall–Kier alpha value is -1.76. The van der Waals surface area contributed by atoms with Gasteiger partial charge in [-0.25, -0.2) is 0 Å². The Morgan fingerprint density at radius 2 is 1.94 bits per heavy atom. The topological polar surface area (TPSA) is 101 Å². The average molecular weight is 271 g/mol. The van der Waals surface area contributed by atoms with E-state index in [1.54, 1.807) is 24.3 Å². The fourth-order valence-corrected chi connectivity index (χ4v) is 1.54. The third-order valence-electron chi connectivity index (χ3n) is 1.85. The summed E-state index contributed by atoms with van der Waals surface area (Å²) in [6, 6.07) is 6.59. The molecule has 0 saturated carbocycles. The predicted molar refractivity (Wildman–Crippen MR) is 66.2 cm³/mol. The Kier molecular flexibility index (Phi) is 5.44.